The molecule has 1 N–H and O–H groups in total. The fourth-order valence-electron chi connectivity index (χ4n) is 4.13. The van der Waals surface area contributed by atoms with Gasteiger partial charge >= 0.3 is 11.3 Å². The summed E-state index contributed by atoms with van der Waals surface area (Å²) in [7, 11) is 0. The van der Waals surface area contributed by atoms with E-state index in [0.29, 0.717) is 34.5 Å². The first-order valence-electron chi connectivity index (χ1n) is 11.4. The Kier molecular flexibility index (Phi) is 7.13. The summed E-state index contributed by atoms with van der Waals surface area (Å²) in [6, 6.07) is 15.1. The zero-order valence-electron chi connectivity index (χ0n) is 19.2. The highest BCUT2D eigenvalue weighted by Gasteiger charge is 2.44. The maximum atomic E-state index is 13.3. The summed E-state index contributed by atoms with van der Waals surface area (Å²) >= 11 is 1.53. The minimum absolute atomic E-state index is 0.133. The lowest BCUT2D eigenvalue weighted by Gasteiger charge is -2.31. The van der Waals surface area contributed by atoms with Gasteiger partial charge in [-0.05, 0) is 48.4 Å². The fraction of sp³-hybridized carbons (Fsp3) is 0.360. The quantitative estimate of drug-likeness (QED) is 0.305. The smallest absolute Gasteiger partial charge is 0.325 e. The molecule has 4 rings (SSSR count). The predicted molar refractivity (Wildman–Crippen MR) is 130 cm³/mol. The standard InChI is InChI=1S/C25H28N4O3S/c1-4-6-9-15-33-25-26-23(31)22-20-13-7-8-14-21(20)28(17(3)30)24(29(22)27-25)18-11-10-12-19(16-18)32-5-2/h7-8,10-14,16,24H,4-6,9,15H2,1-3H3/p+1/t24-/m1/s1. The third kappa shape index (κ3) is 4.66. The first-order chi connectivity index (χ1) is 16.0. The summed E-state index contributed by atoms with van der Waals surface area (Å²) < 4.78 is 7.40. The lowest BCUT2D eigenvalue weighted by atomic mass is 10.0. The molecule has 0 unspecified atom stereocenters. The second kappa shape index (κ2) is 10.2. The summed E-state index contributed by atoms with van der Waals surface area (Å²) in [6.07, 6.45) is 2.71. The number of amides is 1. The van der Waals surface area contributed by atoms with Gasteiger partial charge in [0.25, 0.3) is 6.17 Å². The van der Waals surface area contributed by atoms with Crippen molar-refractivity contribution in [3.63, 3.8) is 0 Å². The van der Waals surface area contributed by atoms with Crippen LogP contribution in [-0.2, 0) is 4.79 Å². The minimum Gasteiger partial charge on any atom is -0.494 e. The summed E-state index contributed by atoms with van der Waals surface area (Å²) in [5.41, 5.74) is 2.41. The molecule has 8 heteroatoms. The van der Waals surface area contributed by atoms with Gasteiger partial charge in [0.15, 0.2) is 0 Å². The molecule has 0 fully saturated rings. The van der Waals surface area contributed by atoms with E-state index in [4.69, 9.17) is 9.84 Å². The maximum absolute atomic E-state index is 13.3. The highest BCUT2D eigenvalue weighted by atomic mass is 32.2. The van der Waals surface area contributed by atoms with Gasteiger partial charge in [-0.3, -0.25) is 14.6 Å². The van der Waals surface area contributed by atoms with E-state index in [1.54, 1.807) is 9.58 Å². The van der Waals surface area contributed by atoms with Crippen molar-refractivity contribution < 1.29 is 14.2 Å². The number of fused-ring (bicyclic) bond motifs is 3. The number of unbranched alkanes of at least 4 members (excludes halogenated alkanes) is 2. The van der Waals surface area contributed by atoms with Gasteiger partial charge in [0.2, 0.25) is 11.1 Å². The van der Waals surface area contributed by atoms with Crippen LogP contribution in [0.5, 0.6) is 5.75 Å². The molecule has 0 aliphatic carbocycles. The van der Waals surface area contributed by atoms with Crippen LogP contribution in [-0.4, -0.2) is 28.3 Å². The molecule has 1 amide bonds. The van der Waals surface area contributed by atoms with Crippen molar-refractivity contribution in [3.8, 4) is 17.0 Å². The Labute approximate surface area is 197 Å². The van der Waals surface area contributed by atoms with Crippen molar-refractivity contribution in [2.45, 2.75) is 51.4 Å². The Bertz CT molecular complexity index is 1210. The third-order valence-corrected chi connectivity index (χ3v) is 6.50. The zero-order chi connectivity index (χ0) is 23.4. The molecule has 1 atom stereocenters. The molecule has 1 aliphatic heterocycles. The molecule has 172 valence electrons. The monoisotopic (exact) mass is 465 g/mol. The Balaban J connectivity index is 1.90. The molecular formula is C25H29N4O3S+. The van der Waals surface area contributed by atoms with E-state index in [-0.39, 0.29) is 11.5 Å². The van der Waals surface area contributed by atoms with E-state index in [9.17, 15) is 9.59 Å². The number of rotatable bonds is 8. The molecule has 0 saturated carbocycles. The van der Waals surface area contributed by atoms with E-state index in [1.807, 2.05) is 55.5 Å². The van der Waals surface area contributed by atoms with Gasteiger partial charge in [0.05, 0.1) is 17.9 Å². The first-order valence-corrected chi connectivity index (χ1v) is 12.3. The van der Waals surface area contributed by atoms with Crippen LogP contribution in [0.2, 0.25) is 0 Å². The number of hydrogen-bond acceptors (Lipinski definition) is 5. The van der Waals surface area contributed by atoms with Crippen molar-refractivity contribution in [1.29, 1.82) is 0 Å². The van der Waals surface area contributed by atoms with E-state index in [0.717, 1.165) is 30.6 Å². The number of para-hydroxylation sites is 1. The van der Waals surface area contributed by atoms with Crippen molar-refractivity contribution in [2.75, 3.05) is 17.3 Å². The van der Waals surface area contributed by atoms with E-state index in [2.05, 4.69) is 11.9 Å². The first kappa shape index (κ1) is 23.0. The molecule has 1 aromatic heterocycles. The van der Waals surface area contributed by atoms with Crippen LogP contribution >= 0.6 is 11.8 Å². The van der Waals surface area contributed by atoms with Crippen LogP contribution in [0, 0.1) is 0 Å². The number of nitrogens with one attached hydrogen (secondary N) is 1. The third-order valence-electron chi connectivity index (χ3n) is 5.55. The van der Waals surface area contributed by atoms with Crippen LogP contribution in [0.3, 0.4) is 0 Å². The van der Waals surface area contributed by atoms with E-state index in [1.165, 1.54) is 18.7 Å². The molecule has 3 aromatic rings. The molecule has 2 aromatic carbocycles. The molecule has 0 saturated heterocycles. The SMILES string of the molecule is CCCCCSc1n[n+]2c(c(=O)[nH]1)-c1ccccc1N(C(C)=O)[C@H]2c1cccc(OCC)c1. The predicted octanol–water partition coefficient (Wildman–Crippen LogP) is 4.32. The van der Waals surface area contributed by atoms with Crippen LogP contribution in [0.15, 0.2) is 58.5 Å². The van der Waals surface area contributed by atoms with Crippen LogP contribution in [0.1, 0.15) is 51.8 Å². The number of aromatic amines is 1. The number of benzene rings is 2. The molecule has 2 heterocycles. The minimum atomic E-state index is -0.606. The molecule has 0 spiro atoms. The average Bonchev–Trinajstić information content (AvgIpc) is 2.81. The van der Waals surface area contributed by atoms with Gasteiger partial charge in [-0.2, -0.15) is 0 Å². The summed E-state index contributed by atoms with van der Waals surface area (Å²) in [4.78, 5) is 30.9. The summed E-state index contributed by atoms with van der Waals surface area (Å²) in [6.45, 7) is 6.16. The number of carbonyl (C=O) groups excluding carboxylic acids is 1. The number of ether oxygens (including phenoxy) is 1. The Hall–Kier alpha value is -3.13. The normalized spacial score (nSPS) is 14.5. The Morgan fingerprint density at radius 1 is 1.18 bits per heavy atom. The lowest BCUT2D eigenvalue weighted by molar-refractivity contribution is -0.763. The average molecular weight is 466 g/mol. The molecule has 33 heavy (non-hydrogen) atoms. The van der Waals surface area contributed by atoms with Gasteiger partial charge in [0.1, 0.15) is 5.75 Å². The van der Waals surface area contributed by atoms with Crippen LogP contribution < -0.4 is 19.9 Å². The van der Waals surface area contributed by atoms with Gasteiger partial charge < -0.3 is 4.74 Å². The summed E-state index contributed by atoms with van der Waals surface area (Å²) in [5.74, 6) is 1.44. The molecular weight excluding hydrogens is 436 g/mol. The number of nitrogens with zero attached hydrogens (tertiary/aromatic N) is 3. The molecule has 1 aliphatic rings. The second-order valence-corrected chi connectivity index (χ2v) is 8.98. The van der Waals surface area contributed by atoms with Gasteiger partial charge in [0, 0.05) is 23.3 Å². The zero-order valence-corrected chi connectivity index (χ0v) is 20.0. The number of aromatic nitrogens is 3. The van der Waals surface area contributed by atoms with Crippen LogP contribution in [0.4, 0.5) is 5.69 Å². The Morgan fingerprint density at radius 3 is 2.76 bits per heavy atom. The van der Waals surface area contributed by atoms with E-state index < -0.39 is 6.17 Å². The number of carbonyl (C=O) groups is 1. The van der Waals surface area contributed by atoms with Crippen molar-refractivity contribution in [2.24, 2.45) is 0 Å². The number of H-pyrrole nitrogens is 1. The number of anilines is 1. The number of thioether (sulfide) groups is 1. The van der Waals surface area contributed by atoms with Gasteiger partial charge in [-0.15, -0.1) is 0 Å². The highest BCUT2D eigenvalue weighted by Crippen LogP contribution is 2.37. The number of hydrogen-bond donors (Lipinski definition) is 1. The van der Waals surface area contributed by atoms with Crippen LogP contribution in [0.25, 0.3) is 11.3 Å². The van der Waals surface area contributed by atoms with E-state index >= 15 is 0 Å². The lowest BCUT2D eigenvalue weighted by Crippen LogP contribution is -2.60. The Morgan fingerprint density at radius 2 is 2.00 bits per heavy atom. The van der Waals surface area contributed by atoms with Crippen molar-refractivity contribution in [1.82, 2.24) is 10.1 Å². The molecule has 7 nitrogen and oxygen atoms in total. The van der Waals surface area contributed by atoms with Gasteiger partial charge in [-0.25, -0.2) is 4.90 Å². The largest absolute Gasteiger partial charge is 0.494 e. The molecule has 0 bridgehead atoms. The maximum Gasteiger partial charge on any atom is 0.325 e. The molecule has 0 radical (unpaired) electrons. The van der Waals surface area contributed by atoms with Gasteiger partial charge in [-0.1, -0.05) is 49.7 Å². The topological polar surface area (TPSA) is 79.2 Å². The second-order valence-electron chi connectivity index (χ2n) is 7.89. The van der Waals surface area contributed by atoms with Crippen molar-refractivity contribution in [3.05, 3.63) is 64.4 Å². The summed E-state index contributed by atoms with van der Waals surface area (Å²) in [5, 5.41) is 5.38. The highest BCUT2D eigenvalue weighted by molar-refractivity contribution is 7.99. The van der Waals surface area contributed by atoms with Crippen molar-refractivity contribution >= 4 is 23.4 Å². The fourth-order valence-corrected chi connectivity index (χ4v) is 4.98.